The number of rotatable bonds is 4. The van der Waals surface area contributed by atoms with Crippen LogP contribution in [0.1, 0.15) is 22.6 Å². The SMILES string of the molecule is N#CCCn1ccnc1C(=O)c1ccccc1Cl. The maximum atomic E-state index is 12.3. The minimum absolute atomic E-state index is 0.233. The van der Waals surface area contributed by atoms with E-state index >= 15 is 0 Å². The van der Waals surface area contributed by atoms with Gasteiger partial charge in [0.15, 0.2) is 5.82 Å². The quantitative estimate of drug-likeness (QED) is 0.793. The lowest BCUT2D eigenvalue weighted by molar-refractivity contribution is 0.102. The highest BCUT2D eigenvalue weighted by atomic mass is 35.5. The number of carbonyl (C=O) groups excluding carboxylic acids is 1. The van der Waals surface area contributed by atoms with Gasteiger partial charge in [-0.25, -0.2) is 4.98 Å². The van der Waals surface area contributed by atoms with Crippen LogP contribution in [0.15, 0.2) is 36.7 Å². The number of hydrogen-bond donors (Lipinski definition) is 0. The van der Waals surface area contributed by atoms with Crippen LogP contribution in [-0.4, -0.2) is 15.3 Å². The first kappa shape index (κ1) is 12.3. The number of benzene rings is 1. The Morgan fingerprint density at radius 2 is 2.22 bits per heavy atom. The maximum absolute atomic E-state index is 12.3. The molecule has 90 valence electrons. The van der Waals surface area contributed by atoms with Crippen molar-refractivity contribution in [2.45, 2.75) is 13.0 Å². The predicted octanol–water partition coefficient (Wildman–Crippen LogP) is 2.68. The van der Waals surface area contributed by atoms with Gasteiger partial charge in [0.05, 0.1) is 17.5 Å². The highest BCUT2D eigenvalue weighted by molar-refractivity contribution is 6.34. The van der Waals surface area contributed by atoms with Crippen LogP contribution in [0.25, 0.3) is 0 Å². The molecule has 2 rings (SSSR count). The van der Waals surface area contributed by atoms with Crippen LogP contribution < -0.4 is 0 Å². The van der Waals surface area contributed by atoms with E-state index in [0.717, 1.165) is 0 Å². The largest absolute Gasteiger partial charge is 0.327 e. The molecular weight excluding hydrogens is 250 g/mol. The minimum Gasteiger partial charge on any atom is -0.327 e. The zero-order valence-corrected chi connectivity index (χ0v) is 10.3. The van der Waals surface area contributed by atoms with E-state index < -0.39 is 0 Å². The molecule has 2 aromatic rings. The Bertz CT molecular complexity index is 613. The number of nitriles is 1. The van der Waals surface area contributed by atoms with E-state index in [9.17, 15) is 4.79 Å². The fourth-order valence-corrected chi connectivity index (χ4v) is 1.86. The summed E-state index contributed by atoms with van der Waals surface area (Å²) in [5.41, 5.74) is 0.420. The molecular formula is C13H10ClN3O. The summed E-state index contributed by atoms with van der Waals surface area (Å²) < 4.78 is 1.66. The molecule has 0 amide bonds. The number of imidazole rings is 1. The van der Waals surface area contributed by atoms with Gasteiger partial charge in [-0.2, -0.15) is 5.26 Å². The number of aryl methyl sites for hydroxylation is 1. The molecule has 0 saturated carbocycles. The number of ketones is 1. The fourth-order valence-electron chi connectivity index (χ4n) is 1.63. The van der Waals surface area contributed by atoms with Gasteiger partial charge in [-0.1, -0.05) is 23.7 Å². The second kappa shape index (κ2) is 5.48. The van der Waals surface area contributed by atoms with Gasteiger partial charge in [-0.15, -0.1) is 0 Å². The molecule has 0 aliphatic heterocycles. The summed E-state index contributed by atoms with van der Waals surface area (Å²) in [6.45, 7) is 0.446. The monoisotopic (exact) mass is 259 g/mol. The van der Waals surface area contributed by atoms with E-state index in [-0.39, 0.29) is 5.78 Å². The molecule has 0 fully saturated rings. The average Bonchev–Trinajstić information content (AvgIpc) is 2.84. The topological polar surface area (TPSA) is 58.7 Å². The van der Waals surface area contributed by atoms with Crippen molar-refractivity contribution in [2.24, 2.45) is 0 Å². The van der Waals surface area contributed by atoms with E-state index in [1.807, 2.05) is 6.07 Å². The van der Waals surface area contributed by atoms with Crippen LogP contribution in [0.4, 0.5) is 0 Å². The van der Waals surface area contributed by atoms with E-state index in [1.165, 1.54) is 0 Å². The summed E-state index contributed by atoms with van der Waals surface area (Å²) in [6.07, 6.45) is 3.56. The van der Waals surface area contributed by atoms with Gasteiger partial charge in [0.25, 0.3) is 0 Å². The first-order chi connectivity index (χ1) is 8.74. The van der Waals surface area contributed by atoms with Crippen LogP contribution in [-0.2, 0) is 6.54 Å². The normalized spacial score (nSPS) is 10.0. The number of nitrogens with zero attached hydrogens (tertiary/aromatic N) is 3. The van der Waals surface area contributed by atoms with E-state index in [2.05, 4.69) is 4.98 Å². The predicted molar refractivity (Wildman–Crippen MR) is 67.3 cm³/mol. The fraction of sp³-hybridized carbons (Fsp3) is 0.154. The minimum atomic E-state index is -0.233. The molecule has 0 unspecified atom stereocenters. The van der Waals surface area contributed by atoms with Crippen molar-refractivity contribution in [3.8, 4) is 6.07 Å². The summed E-state index contributed by atoms with van der Waals surface area (Å²) in [6, 6.07) is 8.88. The van der Waals surface area contributed by atoms with Crippen molar-refractivity contribution >= 4 is 17.4 Å². The van der Waals surface area contributed by atoms with E-state index in [0.29, 0.717) is 29.4 Å². The zero-order valence-electron chi connectivity index (χ0n) is 9.51. The summed E-state index contributed by atoms with van der Waals surface area (Å²) in [7, 11) is 0. The van der Waals surface area contributed by atoms with Crippen molar-refractivity contribution in [1.29, 1.82) is 5.26 Å². The summed E-state index contributed by atoms with van der Waals surface area (Å²) in [5.74, 6) is 0.0712. The van der Waals surface area contributed by atoms with Crippen molar-refractivity contribution in [3.63, 3.8) is 0 Å². The molecule has 0 radical (unpaired) electrons. The molecule has 0 spiro atoms. The summed E-state index contributed by atoms with van der Waals surface area (Å²) in [4.78, 5) is 16.3. The Balaban J connectivity index is 2.33. The number of aromatic nitrogens is 2. The van der Waals surface area contributed by atoms with Crippen molar-refractivity contribution in [2.75, 3.05) is 0 Å². The highest BCUT2D eigenvalue weighted by Gasteiger charge is 2.17. The Morgan fingerprint density at radius 3 is 2.94 bits per heavy atom. The molecule has 0 aliphatic carbocycles. The lowest BCUT2D eigenvalue weighted by Gasteiger charge is -2.05. The third kappa shape index (κ3) is 2.41. The number of halogens is 1. The first-order valence-electron chi connectivity index (χ1n) is 5.41. The molecule has 18 heavy (non-hydrogen) atoms. The van der Waals surface area contributed by atoms with E-state index in [1.54, 1.807) is 41.2 Å². The third-order valence-corrected chi connectivity index (χ3v) is 2.83. The van der Waals surface area contributed by atoms with Gasteiger partial charge in [0.2, 0.25) is 5.78 Å². The zero-order chi connectivity index (χ0) is 13.0. The van der Waals surface area contributed by atoms with Crippen LogP contribution in [0.3, 0.4) is 0 Å². The van der Waals surface area contributed by atoms with Gasteiger partial charge in [-0.3, -0.25) is 4.79 Å². The standard InChI is InChI=1S/C13H10ClN3O/c14-11-5-2-1-4-10(11)12(18)13-16-7-9-17(13)8-3-6-15/h1-2,4-5,7,9H,3,8H2. The molecule has 0 aliphatic rings. The summed E-state index contributed by atoms with van der Waals surface area (Å²) >= 11 is 5.98. The molecule has 4 nitrogen and oxygen atoms in total. The molecule has 0 N–H and O–H groups in total. The maximum Gasteiger partial charge on any atom is 0.229 e. The van der Waals surface area contributed by atoms with Gasteiger partial charge in [-0.05, 0) is 12.1 Å². The number of hydrogen-bond acceptors (Lipinski definition) is 3. The van der Waals surface area contributed by atoms with Crippen molar-refractivity contribution in [3.05, 3.63) is 53.1 Å². The molecule has 1 aromatic carbocycles. The van der Waals surface area contributed by atoms with Crippen LogP contribution in [0.2, 0.25) is 5.02 Å². The Morgan fingerprint density at radius 1 is 1.44 bits per heavy atom. The van der Waals surface area contributed by atoms with Gasteiger partial charge < -0.3 is 4.57 Å². The second-order valence-electron chi connectivity index (χ2n) is 3.66. The van der Waals surface area contributed by atoms with Gasteiger partial charge in [0.1, 0.15) is 0 Å². The first-order valence-corrected chi connectivity index (χ1v) is 5.79. The Labute approximate surface area is 109 Å². The van der Waals surface area contributed by atoms with Crippen molar-refractivity contribution in [1.82, 2.24) is 9.55 Å². The van der Waals surface area contributed by atoms with Gasteiger partial charge in [0, 0.05) is 24.5 Å². The third-order valence-electron chi connectivity index (χ3n) is 2.50. The molecule has 0 atom stereocenters. The van der Waals surface area contributed by atoms with Crippen LogP contribution >= 0.6 is 11.6 Å². The second-order valence-corrected chi connectivity index (χ2v) is 4.07. The lowest BCUT2D eigenvalue weighted by Crippen LogP contribution is -2.11. The Hall–Kier alpha value is -2.12. The molecule has 1 aromatic heterocycles. The Kier molecular flexibility index (Phi) is 3.75. The molecule has 5 heteroatoms. The smallest absolute Gasteiger partial charge is 0.229 e. The van der Waals surface area contributed by atoms with Crippen molar-refractivity contribution < 1.29 is 4.79 Å². The van der Waals surface area contributed by atoms with E-state index in [4.69, 9.17) is 16.9 Å². The number of carbonyl (C=O) groups is 1. The van der Waals surface area contributed by atoms with Crippen LogP contribution in [0, 0.1) is 11.3 Å². The van der Waals surface area contributed by atoms with Crippen LogP contribution in [0.5, 0.6) is 0 Å². The lowest BCUT2D eigenvalue weighted by atomic mass is 10.1. The molecule has 1 heterocycles. The average molecular weight is 260 g/mol. The molecule has 0 bridgehead atoms. The summed E-state index contributed by atoms with van der Waals surface area (Å²) in [5, 5.41) is 8.97. The molecule has 0 saturated heterocycles. The highest BCUT2D eigenvalue weighted by Crippen LogP contribution is 2.18. The van der Waals surface area contributed by atoms with Gasteiger partial charge >= 0.3 is 0 Å².